The maximum absolute atomic E-state index is 6.38. The van der Waals surface area contributed by atoms with E-state index < -0.39 is 0 Å². The van der Waals surface area contributed by atoms with Crippen molar-refractivity contribution in [1.29, 1.82) is 0 Å². The van der Waals surface area contributed by atoms with Gasteiger partial charge in [-0.25, -0.2) is 0 Å². The predicted molar refractivity (Wildman–Crippen MR) is 71.9 cm³/mol. The third-order valence-electron chi connectivity index (χ3n) is 4.07. The van der Waals surface area contributed by atoms with Crippen LogP contribution in [0.2, 0.25) is 5.02 Å². The Kier molecular flexibility index (Phi) is 4.41. The van der Waals surface area contributed by atoms with Crippen molar-refractivity contribution >= 4 is 11.6 Å². The van der Waals surface area contributed by atoms with Crippen LogP contribution >= 0.6 is 11.6 Å². The molecule has 3 unspecified atom stereocenters. The number of nitrogens with zero attached hydrogens (tertiary/aromatic N) is 1. The fourth-order valence-corrected chi connectivity index (χ4v) is 3.19. The van der Waals surface area contributed by atoms with Gasteiger partial charge in [-0.3, -0.25) is 4.98 Å². The summed E-state index contributed by atoms with van der Waals surface area (Å²) < 4.78 is 0. The Bertz CT molecular complexity index is 367. The van der Waals surface area contributed by atoms with E-state index in [2.05, 4.69) is 11.9 Å². The number of halogens is 1. The lowest BCUT2D eigenvalue weighted by Crippen LogP contribution is -2.27. The molecule has 3 heteroatoms. The van der Waals surface area contributed by atoms with Crippen LogP contribution in [0.4, 0.5) is 0 Å². The molecule has 0 aromatic carbocycles. The van der Waals surface area contributed by atoms with E-state index >= 15 is 0 Å². The van der Waals surface area contributed by atoms with Gasteiger partial charge in [0.1, 0.15) is 0 Å². The molecule has 0 saturated heterocycles. The quantitative estimate of drug-likeness (QED) is 0.885. The summed E-state index contributed by atoms with van der Waals surface area (Å²) in [5.41, 5.74) is 7.43. The SMILES string of the molecule is CCC1CCCC(C(N)c2ccncc2Cl)C1. The molecule has 1 heterocycles. The van der Waals surface area contributed by atoms with Crippen molar-refractivity contribution in [2.45, 2.75) is 45.1 Å². The molecule has 3 atom stereocenters. The van der Waals surface area contributed by atoms with Crippen LogP contribution in [0.3, 0.4) is 0 Å². The molecule has 1 aromatic rings. The zero-order valence-electron chi connectivity index (χ0n) is 10.4. The molecule has 1 aliphatic carbocycles. The molecule has 0 radical (unpaired) electrons. The number of hydrogen-bond donors (Lipinski definition) is 1. The molecule has 17 heavy (non-hydrogen) atoms. The van der Waals surface area contributed by atoms with Gasteiger partial charge in [0.05, 0.1) is 5.02 Å². The van der Waals surface area contributed by atoms with Crippen molar-refractivity contribution in [2.75, 3.05) is 0 Å². The molecule has 2 nitrogen and oxygen atoms in total. The van der Waals surface area contributed by atoms with Crippen LogP contribution in [0.15, 0.2) is 18.5 Å². The first kappa shape index (κ1) is 12.8. The second kappa shape index (κ2) is 5.83. The first-order valence-corrected chi connectivity index (χ1v) is 6.95. The normalized spacial score (nSPS) is 26.8. The van der Waals surface area contributed by atoms with Crippen LogP contribution in [0, 0.1) is 11.8 Å². The van der Waals surface area contributed by atoms with Gasteiger partial charge in [0, 0.05) is 18.4 Å². The summed E-state index contributed by atoms with van der Waals surface area (Å²) in [7, 11) is 0. The Labute approximate surface area is 109 Å². The monoisotopic (exact) mass is 252 g/mol. The molecule has 1 aliphatic rings. The summed E-state index contributed by atoms with van der Waals surface area (Å²) in [6.07, 6.45) is 9.89. The molecule has 94 valence electrons. The lowest BCUT2D eigenvalue weighted by Gasteiger charge is -2.32. The van der Waals surface area contributed by atoms with Crippen LogP contribution in [0.1, 0.15) is 50.6 Å². The highest BCUT2D eigenvalue weighted by Gasteiger charge is 2.27. The Morgan fingerprint density at radius 3 is 3.06 bits per heavy atom. The van der Waals surface area contributed by atoms with Gasteiger partial charge in [-0.1, -0.05) is 37.8 Å². The van der Waals surface area contributed by atoms with E-state index in [1.165, 1.54) is 32.1 Å². The Hall–Kier alpha value is -0.600. The Balaban J connectivity index is 2.09. The summed E-state index contributed by atoms with van der Waals surface area (Å²) in [5, 5.41) is 0.707. The van der Waals surface area contributed by atoms with Crippen molar-refractivity contribution in [1.82, 2.24) is 4.98 Å². The lowest BCUT2D eigenvalue weighted by molar-refractivity contribution is 0.230. The van der Waals surface area contributed by atoms with Gasteiger partial charge in [-0.15, -0.1) is 0 Å². The molecule has 0 spiro atoms. The van der Waals surface area contributed by atoms with E-state index in [0.29, 0.717) is 10.9 Å². The smallest absolute Gasteiger partial charge is 0.0637 e. The van der Waals surface area contributed by atoms with Gasteiger partial charge in [0.2, 0.25) is 0 Å². The maximum Gasteiger partial charge on any atom is 0.0637 e. The summed E-state index contributed by atoms with van der Waals surface area (Å²) in [6, 6.07) is 2.03. The van der Waals surface area contributed by atoms with Crippen LogP contribution < -0.4 is 5.73 Å². The van der Waals surface area contributed by atoms with Crippen LogP contribution in [0.25, 0.3) is 0 Å². The van der Waals surface area contributed by atoms with Gasteiger partial charge in [0.25, 0.3) is 0 Å². The predicted octanol–water partition coefficient (Wildman–Crippen LogP) is 3.95. The van der Waals surface area contributed by atoms with Gasteiger partial charge >= 0.3 is 0 Å². The lowest BCUT2D eigenvalue weighted by atomic mass is 9.75. The minimum Gasteiger partial charge on any atom is -0.324 e. The average molecular weight is 253 g/mol. The third kappa shape index (κ3) is 2.99. The van der Waals surface area contributed by atoms with Crippen molar-refractivity contribution in [3.05, 3.63) is 29.0 Å². The summed E-state index contributed by atoms with van der Waals surface area (Å²) in [6.45, 7) is 2.28. The molecule has 1 fully saturated rings. The van der Waals surface area contributed by atoms with Crippen molar-refractivity contribution in [3.63, 3.8) is 0 Å². The number of hydrogen-bond acceptors (Lipinski definition) is 2. The molecular formula is C14H21ClN2. The van der Waals surface area contributed by atoms with Crippen LogP contribution in [-0.4, -0.2) is 4.98 Å². The van der Waals surface area contributed by atoms with Gasteiger partial charge in [0.15, 0.2) is 0 Å². The molecule has 0 bridgehead atoms. The number of rotatable bonds is 3. The third-order valence-corrected chi connectivity index (χ3v) is 4.39. The first-order valence-electron chi connectivity index (χ1n) is 6.57. The highest BCUT2D eigenvalue weighted by atomic mass is 35.5. The fraction of sp³-hybridized carbons (Fsp3) is 0.643. The van der Waals surface area contributed by atoms with Gasteiger partial charge in [-0.05, 0) is 36.3 Å². The van der Waals surface area contributed by atoms with E-state index in [9.17, 15) is 0 Å². The van der Waals surface area contributed by atoms with E-state index in [0.717, 1.165) is 11.5 Å². The minimum atomic E-state index is 0.0693. The first-order chi connectivity index (χ1) is 8.22. The molecule has 1 saturated carbocycles. The highest BCUT2D eigenvalue weighted by Crippen LogP contribution is 2.38. The highest BCUT2D eigenvalue weighted by molar-refractivity contribution is 6.31. The van der Waals surface area contributed by atoms with E-state index in [4.69, 9.17) is 17.3 Å². The number of nitrogens with two attached hydrogens (primary N) is 1. The fourth-order valence-electron chi connectivity index (χ4n) is 2.94. The van der Waals surface area contributed by atoms with Crippen molar-refractivity contribution < 1.29 is 0 Å². The molecule has 0 aliphatic heterocycles. The maximum atomic E-state index is 6.38. The van der Waals surface area contributed by atoms with Crippen molar-refractivity contribution in [3.8, 4) is 0 Å². The summed E-state index contributed by atoms with van der Waals surface area (Å²) in [5.74, 6) is 1.43. The molecular weight excluding hydrogens is 232 g/mol. The minimum absolute atomic E-state index is 0.0693. The average Bonchev–Trinajstić information content (AvgIpc) is 2.38. The largest absolute Gasteiger partial charge is 0.324 e. The van der Waals surface area contributed by atoms with Gasteiger partial charge in [-0.2, -0.15) is 0 Å². The number of pyridine rings is 1. The van der Waals surface area contributed by atoms with E-state index in [-0.39, 0.29) is 6.04 Å². The van der Waals surface area contributed by atoms with Gasteiger partial charge < -0.3 is 5.73 Å². The van der Waals surface area contributed by atoms with E-state index in [1.807, 2.05) is 6.07 Å². The second-order valence-corrected chi connectivity index (χ2v) is 5.53. The molecule has 1 aromatic heterocycles. The van der Waals surface area contributed by atoms with Crippen LogP contribution in [0.5, 0.6) is 0 Å². The zero-order valence-corrected chi connectivity index (χ0v) is 11.2. The zero-order chi connectivity index (χ0) is 12.3. The Morgan fingerprint density at radius 1 is 1.53 bits per heavy atom. The second-order valence-electron chi connectivity index (χ2n) is 5.12. The topological polar surface area (TPSA) is 38.9 Å². The standard InChI is InChI=1S/C14H21ClN2/c1-2-10-4-3-5-11(8-10)14(16)12-6-7-17-9-13(12)15/h6-7,9-11,14H,2-5,8,16H2,1H3. The molecule has 2 N–H and O–H groups in total. The molecule has 0 amide bonds. The van der Waals surface area contributed by atoms with Crippen LogP contribution in [-0.2, 0) is 0 Å². The Morgan fingerprint density at radius 2 is 2.35 bits per heavy atom. The van der Waals surface area contributed by atoms with E-state index in [1.54, 1.807) is 12.4 Å². The molecule has 2 rings (SSSR count). The number of aromatic nitrogens is 1. The summed E-state index contributed by atoms with van der Waals surface area (Å²) >= 11 is 6.17. The van der Waals surface area contributed by atoms with Crippen molar-refractivity contribution in [2.24, 2.45) is 17.6 Å². The summed E-state index contributed by atoms with van der Waals surface area (Å²) in [4.78, 5) is 4.02.